The summed E-state index contributed by atoms with van der Waals surface area (Å²) in [4.78, 5) is 28.7. The number of ketones is 1. The zero-order valence-electron chi connectivity index (χ0n) is 18.4. The number of nitrogens with zero attached hydrogens (tertiary/aromatic N) is 4. The molecule has 2 aromatic heterocycles. The first-order chi connectivity index (χ1) is 16.6. The molecule has 0 atom stereocenters. The third-order valence-electron chi connectivity index (χ3n) is 5.56. The first kappa shape index (κ1) is 21.8. The van der Waals surface area contributed by atoms with Crippen LogP contribution in [-0.4, -0.2) is 44.3 Å². The van der Waals surface area contributed by atoms with Crippen LogP contribution in [-0.2, 0) is 11.2 Å². The van der Waals surface area contributed by atoms with Crippen LogP contribution < -0.4 is 10.1 Å². The van der Waals surface area contributed by atoms with Crippen LogP contribution in [0.15, 0.2) is 72.1 Å². The van der Waals surface area contributed by atoms with Gasteiger partial charge in [0.25, 0.3) is 0 Å². The molecule has 0 unspecified atom stereocenters. The van der Waals surface area contributed by atoms with Gasteiger partial charge in [-0.3, -0.25) is 19.1 Å². The fraction of sp³-hybridized carbons (Fsp3) is 0.160. The summed E-state index contributed by atoms with van der Waals surface area (Å²) in [5.41, 5.74) is 4.11. The lowest BCUT2D eigenvalue weighted by Crippen LogP contribution is -2.19. The number of fused-ring (bicyclic) bond motifs is 1. The topological polar surface area (TPSA) is 99.0 Å². The molecule has 9 heteroatoms. The zero-order valence-corrected chi connectivity index (χ0v) is 19.2. The SMILES string of the molecule is COc1ccc(-n2c(SCC(=O)c3ccc4c(c3)CCC(=O)N4)nnc2-c2ccncc2)cc1. The molecule has 0 saturated heterocycles. The number of thioether (sulfide) groups is 1. The highest BCUT2D eigenvalue weighted by Crippen LogP contribution is 2.30. The third-order valence-corrected chi connectivity index (χ3v) is 6.49. The molecular formula is C25H21N5O3S. The van der Waals surface area contributed by atoms with E-state index in [2.05, 4.69) is 20.5 Å². The average Bonchev–Trinajstić information content (AvgIpc) is 3.31. The molecule has 3 heterocycles. The molecule has 170 valence electrons. The van der Waals surface area contributed by atoms with Crippen molar-refractivity contribution >= 4 is 29.1 Å². The Morgan fingerprint density at radius 3 is 2.62 bits per heavy atom. The lowest BCUT2D eigenvalue weighted by molar-refractivity contribution is -0.116. The molecule has 34 heavy (non-hydrogen) atoms. The largest absolute Gasteiger partial charge is 0.497 e. The number of aromatic nitrogens is 4. The number of nitrogens with one attached hydrogen (secondary N) is 1. The summed E-state index contributed by atoms with van der Waals surface area (Å²) in [6.07, 6.45) is 4.48. The third kappa shape index (κ3) is 4.42. The number of pyridine rings is 1. The highest BCUT2D eigenvalue weighted by Gasteiger charge is 2.20. The van der Waals surface area contributed by atoms with Crippen LogP contribution in [0.5, 0.6) is 5.75 Å². The van der Waals surface area contributed by atoms with Crippen molar-refractivity contribution in [2.24, 2.45) is 0 Å². The number of aryl methyl sites for hydroxylation is 1. The van der Waals surface area contributed by atoms with Gasteiger partial charge in [-0.05, 0) is 66.6 Å². The molecule has 1 aliphatic rings. The smallest absolute Gasteiger partial charge is 0.224 e. The minimum absolute atomic E-state index is 0.00463. The van der Waals surface area contributed by atoms with E-state index in [9.17, 15) is 9.59 Å². The Hall–Kier alpha value is -3.98. The Labute approximate surface area is 200 Å². The van der Waals surface area contributed by atoms with Crippen molar-refractivity contribution < 1.29 is 14.3 Å². The Morgan fingerprint density at radius 2 is 1.85 bits per heavy atom. The Bertz CT molecular complexity index is 1350. The number of carbonyl (C=O) groups excluding carboxylic acids is 2. The lowest BCUT2D eigenvalue weighted by atomic mass is 9.99. The summed E-state index contributed by atoms with van der Waals surface area (Å²) in [6, 6.07) is 16.8. The van der Waals surface area contributed by atoms with Crippen LogP contribution in [0, 0.1) is 0 Å². The number of hydrogen-bond donors (Lipinski definition) is 1. The Morgan fingerprint density at radius 1 is 1.06 bits per heavy atom. The number of anilines is 1. The fourth-order valence-corrected chi connectivity index (χ4v) is 4.63. The molecule has 8 nitrogen and oxygen atoms in total. The lowest BCUT2D eigenvalue weighted by Gasteiger charge is -2.17. The first-order valence-electron chi connectivity index (χ1n) is 10.7. The van der Waals surface area contributed by atoms with E-state index in [1.165, 1.54) is 11.8 Å². The van der Waals surface area contributed by atoms with Gasteiger partial charge in [0.05, 0.1) is 12.9 Å². The number of rotatable bonds is 7. The van der Waals surface area contributed by atoms with E-state index in [1.807, 2.05) is 47.0 Å². The van der Waals surface area contributed by atoms with Gasteiger partial charge in [0.2, 0.25) is 5.91 Å². The summed E-state index contributed by atoms with van der Waals surface area (Å²) >= 11 is 1.33. The Balaban J connectivity index is 1.42. The number of ether oxygens (including phenoxy) is 1. The second-order valence-electron chi connectivity index (χ2n) is 7.71. The summed E-state index contributed by atoms with van der Waals surface area (Å²) in [5, 5.41) is 12.2. The van der Waals surface area contributed by atoms with Gasteiger partial charge >= 0.3 is 0 Å². The maximum absolute atomic E-state index is 13.0. The van der Waals surface area contributed by atoms with Gasteiger partial charge < -0.3 is 10.1 Å². The second-order valence-corrected chi connectivity index (χ2v) is 8.65. The molecule has 1 amide bonds. The van der Waals surface area contributed by atoms with Gasteiger partial charge in [0.15, 0.2) is 16.8 Å². The highest BCUT2D eigenvalue weighted by atomic mass is 32.2. The summed E-state index contributed by atoms with van der Waals surface area (Å²) in [5.74, 6) is 1.60. The average molecular weight is 472 g/mol. The second kappa shape index (κ2) is 9.48. The zero-order chi connectivity index (χ0) is 23.5. The summed E-state index contributed by atoms with van der Waals surface area (Å²) in [7, 11) is 1.62. The summed E-state index contributed by atoms with van der Waals surface area (Å²) in [6.45, 7) is 0. The number of benzene rings is 2. The highest BCUT2D eigenvalue weighted by molar-refractivity contribution is 7.99. The number of amides is 1. The fourth-order valence-electron chi connectivity index (χ4n) is 3.79. The number of Topliss-reactive ketones (excluding diaryl/α,β-unsaturated/α-hetero) is 1. The van der Waals surface area contributed by atoms with Gasteiger partial charge in [-0.2, -0.15) is 0 Å². The van der Waals surface area contributed by atoms with E-state index in [4.69, 9.17) is 4.74 Å². The maximum Gasteiger partial charge on any atom is 0.224 e. The molecule has 1 aliphatic heterocycles. The maximum atomic E-state index is 13.0. The molecule has 0 radical (unpaired) electrons. The number of methoxy groups -OCH3 is 1. The molecule has 0 fully saturated rings. The molecule has 0 saturated carbocycles. The predicted molar refractivity (Wildman–Crippen MR) is 130 cm³/mol. The van der Waals surface area contributed by atoms with Crippen LogP contribution in [0.3, 0.4) is 0 Å². The van der Waals surface area contributed by atoms with Crippen molar-refractivity contribution in [1.82, 2.24) is 19.7 Å². The molecule has 0 spiro atoms. The van der Waals surface area contributed by atoms with Crippen molar-refractivity contribution in [3.8, 4) is 22.8 Å². The van der Waals surface area contributed by atoms with Crippen LogP contribution in [0.4, 0.5) is 5.69 Å². The first-order valence-corrected chi connectivity index (χ1v) is 11.7. The van der Waals surface area contributed by atoms with E-state index in [0.29, 0.717) is 29.4 Å². The van der Waals surface area contributed by atoms with Crippen LogP contribution in [0.2, 0.25) is 0 Å². The Kier molecular flexibility index (Phi) is 6.09. The van der Waals surface area contributed by atoms with Crippen molar-refractivity contribution in [3.63, 3.8) is 0 Å². The minimum Gasteiger partial charge on any atom is -0.497 e. The molecule has 1 N–H and O–H groups in total. The number of hydrogen-bond acceptors (Lipinski definition) is 7. The number of carbonyl (C=O) groups is 2. The van der Waals surface area contributed by atoms with E-state index in [0.717, 1.165) is 28.3 Å². The normalized spacial score (nSPS) is 12.7. The quantitative estimate of drug-likeness (QED) is 0.319. The summed E-state index contributed by atoms with van der Waals surface area (Å²) < 4.78 is 7.21. The van der Waals surface area contributed by atoms with Gasteiger partial charge in [0.1, 0.15) is 5.75 Å². The molecular weight excluding hydrogens is 450 g/mol. The standard InChI is InChI=1S/C25H21N5O3S/c1-33-20-6-4-19(5-7-20)30-24(16-10-12-26-13-11-16)28-29-25(30)34-15-22(31)18-2-8-21-17(14-18)3-9-23(32)27-21/h2,4-8,10-14H,3,9,15H2,1H3,(H,27,32). The van der Waals surface area contributed by atoms with Crippen molar-refractivity contribution in [3.05, 3.63) is 78.1 Å². The van der Waals surface area contributed by atoms with Crippen molar-refractivity contribution in [2.45, 2.75) is 18.0 Å². The van der Waals surface area contributed by atoms with Gasteiger partial charge in [-0.1, -0.05) is 11.8 Å². The van der Waals surface area contributed by atoms with E-state index >= 15 is 0 Å². The predicted octanol–water partition coefficient (Wildman–Crippen LogP) is 4.20. The molecule has 4 aromatic rings. The van der Waals surface area contributed by atoms with E-state index in [-0.39, 0.29) is 17.4 Å². The van der Waals surface area contributed by atoms with Crippen LogP contribution in [0.1, 0.15) is 22.3 Å². The van der Waals surface area contributed by atoms with E-state index < -0.39 is 0 Å². The molecule has 2 aromatic carbocycles. The van der Waals surface area contributed by atoms with Gasteiger partial charge in [-0.25, -0.2) is 0 Å². The monoisotopic (exact) mass is 471 g/mol. The minimum atomic E-state index is -0.0144. The molecule has 0 aliphatic carbocycles. The van der Waals surface area contributed by atoms with Crippen molar-refractivity contribution in [1.29, 1.82) is 0 Å². The van der Waals surface area contributed by atoms with E-state index in [1.54, 1.807) is 31.6 Å². The molecule has 0 bridgehead atoms. The van der Waals surface area contributed by atoms with Crippen molar-refractivity contribution in [2.75, 3.05) is 18.2 Å². The van der Waals surface area contributed by atoms with Crippen LogP contribution >= 0.6 is 11.8 Å². The van der Waals surface area contributed by atoms with Gasteiger partial charge in [0, 0.05) is 41.3 Å². The molecule has 5 rings (SSSR count). The van der Waals surface area contributed by atoms with Gasteiger partial charge in [-0.15, -0.1) is 10.2 Å². The van der Waals surface area contributed by atoms with Crippen LogP contribution in [0.25, 0.3) is 17.1 Å².